The van der Waals surface area contributed by atoms with Crippen LogP contribution in [0.15, 0.2) is 4.90 Å². The molecule has 0 unspecified atom stereocenters. The molecule has 0 bridgehead atoms. The summed E-state index contributed by atoms with van der Waals surface area (Å²) in [5, 5.41) is 11.7. The molecule has 0 spiro atoms. The number of nitrogens with two attached hydrogens (primary N) is 1. The molecule has 8 heteroatoms. The summed E-state index contributed by atoms with van der Waals surface area (Å²) < 4.78 is 28.6. The van der Waals surface area contributed by atoms with Gasteiger partial charge in [-0.1, -0.05) is 19.3 Å². The summed E-state index contributed by atoms with van der Waals surface area (Å²) >= 11 is 0. The first-order chi connectivity index (χ1) is 9.97. The van der Waals surface area contributed by atoms with Gasteiger partial charge in [0.1, 0.15) is 4.90 Å². The highest BCUT2D eigenvalue weighted by Crippen LogP contribution is 2.42. The molecule has 0 radical (unpaired) electrons. The average molecular weight is 313 g/mol. The standard InChI is InChI=1S/C13H19N3O4S/c14-21(18,19)12-10(9-4-5-9)15-16-11(12)13(17)20-7-6-8-2-1-3-8/h8-9H,1-7H2,(H,15,16)(H2,14,18,19). The van der Waals surface area contributed by atoms with E-state index in [1.165, 1.54) is 19.3 Å². The van der Waals surface area contributed by atoms with E-state index in [1.54, 1.807) is 0 Å². The van der Waals surface area contributed by atoms with E-state index in [0.717, 1.165) is 19.3 Å². The normalized spacial score (nSPS) is 19.3. The lowest BCUT2D eigenvalue weighted by atomic mass is 9.83. The van der Waals surface area contributed by atoms with Crippen LogP contribution >= 0.6 is 0 Å². The maximum absolute atomic E-state index is 12.0. The largest absolute Gasteiger partial charge is 0.461 e. The van der Waals surface area contributed by atoms with E-state index in [4.69, 9.17) is 9.88 Å². The zero-order chi connectivity index (χ0) is 15.0. The first-order valence-electron chi connectivity index (χ1n) is 7.25. The number of rotatable bonds is 6. The van der Waals surface area contributed by atoms with Crippen molar-refractivity contribution in [2.75, 3.05) is 6.61 Å². The van der Waals surface area contributed by atoms with Crippen molar-refractivity contribution in [3.63, 3.8) is 0 Å². The van der Waals surface area contributed by atoms with Crippen LogP contribution in [0.2, 0.25) is 0 Å². The minimum absolute atomic E-state index is 0.0994. The summed E-state index contributed by atoms with van der Waals surface area (Å²) in [5.41, 5.74) is 0.219. The van der Waals surface area contributed by atoms with Crippen LogP contribution in [-0.2, 0) is 14.8 Å². The molecule has 2 aliphatic carbocycles. The number of aromatic nitrogens is 2. The number of nitrogens with one attached hydrogen (secondary N) is 1. The molecule has 2 aliphatic rings. The van der Waals surface area contributed by atoms with Gasteiger partial charge in [-0.25, -0.2) is 18.4 Å². The van der Waals surface area contributed by atoms with Crippen LogP contribution in [0.1, 0.15) is 60.6 Å². The maximum atomic E-state index is 12.0. The molecule has 7 nitrogen and oxygen atoms in total. The van der Waals surface area contributed by atoms with Crippen molar-refractivity contribution in [3.8, 4) is 0 Å². The summed E-state index contributed by atoms with van der Waals surface area (Å²) in [4.78, 5) is 11.8. The highest BCUT2D eigenvalue weighted by molar-refractivity contribution is 7.89. The Morgan fingerprint density at radius 2 is 2.05 bits per heavy atom. The predicted octanol–water partition coefficient (Wildman–Crippen LogP) is 1.28. The van der Waals surface area contributed by atoms with Crippen molar-refractivity contribution < 1.29 is 17.9 Å². The number of aromatic amines is 1. The highest BCUT2D eigenvalue weighted by Gasteiger charge is 2.36. The molecule has 0 aliphatic heterocycles. The van der Waals surface area contributed by atoms with Crippen molar-refractivity contribution in [3.05, 3.63) is 11.4 Å². The summed E-state index contributed by atoms with van der Waals surface area (Å²) in [5.74, 6) is 0.000528. The Bertz CT molecular complexity index is 644. The number of sulfonamides is 1. The monoisotopic (exact) mass is 313 g/mol. The fourth-order valence-electron chi connectivity index (χ4n) is 2.59. The molecule has 0 aromatic carbocycles. The molecule has 0 saturated heterocycles. The van der Waals surface area contributed by atoms with E-state index in [0.29, 0.717) is 18.2 Å². The Hall–Kier alpha value is -1.41. The molecule has 116 valence electrons. The molecule has 0 atom stereocenters. The lowest BCUT2D eigenvalue weighted by Gasteiger charge is -2.24. The molecule has 3 rings (SSSR count). The maximum Gasteiger partial charge on any atom is 0.360 e. The average Bonchev–Trinajstić information content (AvgIpc) is 3.09. The number of hydrogen-bond acceptors (Lipinski definition) is 5. The van der Waals surface area contributed by atoms with Gasteiger partial charge in [0.2, 0.25) is 10.0 Å². The van der Waals surface area contributed by atoms with Crippen molar-refractivity contribution in [2.24, 2.45) is 11.1 Å². The van der Waals surface area contributed by atoms with Gasteiger partial charge in [-0.05, 0) is 25.2 Å². The van der Waals surface area contributed by atoms with E-state index in [1.807, 2.05) is 0 Å². The van der Waals surface area contributed by atoms with Crippen molar-refractivity contribution in [2.45, 2.75) is 49.3 Å². The second-order valence-electron chi connectivity index (χ2n) is 5.86. The van der Waals surface area contributed by atoms with Crippen molar-refractivity contribution in [1.29, 1.82) is 0 Å². The highest BCUT2D eigenvalue weighted by atomic mass is 32.2. The fourth-order valence-corrected chi connectivity index (χ4v) is 3.51. The van der Waals surface area contributed by atoms with E-state index in [2.05, 4.69) is 10.2 Å². The Labute approximate surface area is 123 Å². The summed E-state index contributed by atoms with van der Waals surface area (Å²) in [7, 11) is -4.00. The van der Waals surface area contributed by atoms with Gasteiger partial charge in [-0.15, -0.1) is 0 Å². The van der Waals surface area contributed by atoms with Gasteiger partial charge in [0.15, 0.2) is 5.69 Å². The van der Waals surface area contributed by atoms with Crippen molar-refractivity contribution >= 4 is 16.0 Å². The second-order valence-corrected chi connectivity index (χ2v) is 7.35. The van der Waals surface area contributed by atoms with Crippen LogP contribution in [0, 0.1) is 5.92 Å². The third kappa shape index (κ3) is 3.11. The molecular weight excluding hydrogens is 294 g/mol. The first kappa shape index (κ1) is 14.5. The Morgan fingerprint density at radius 1 is 1.33 bits per heavy atom. The van der Waals surface area contributed by atoms with Gasteiger partial charge in [0, 0.05) is 5.92 Å². The zero-order valence-corrected chi connectivity index (χ0v) is 12.5. The van der Waals surface area contributed by atoms with Crippen LogP contribution in [0.25, 0.3) is 0 Å². The predicted molar refractivity (Wildman–Crippen MR) is 74.2 cm³/mol. The van der Waals surface area contributed by atoms with E-state index < -0.39 is 16.0 Å². The number of hydrogen-bond donors (Lipinski definition) is 2. The van der Waals surface area contributed by atoms with Crippen LogP contribution in [0.4, 0.5) is 0 Å². The zero-order valence-electron chi connectivity index (χ0n) is 11.7. The van der Waals surface area contributed by atoms with Crippen molar-refractivity contribution in [1.82, 2.24) is 10.2 Å². The molecule has 0 amide bonds. The number of ether oxygens (including phenoxy) is 1. The first-order valence-corrected chi connectivity index (χ1v) is 8.79. The fraction of sp³-hybridized carbons (Fsp3) is 0.692. The molecule has 21 heavy (non-hydrogen) atoms. The molecule has 2 saturated carbocycles. The van der Waals surface area contributed by atoms with Gasteiger partial charge in [0.25, 0.3) is 0 Å². The van der Waals surface area contributed by atoms with Crippen LogP contribution in [0.5, 0.6) is 0 Å². The smallest absolute Gasteiger partial charge is 0.360 e. The summed E-state index contributed by atoms with van der Waals surface area (Å²) in [6.07, 6.45) is 6.15. The number of nitrogens with zero attached hydrogens (tertiary/aromatic N) is 1. The van der Waals surface area contributed by atoms with Crippen LogP contribution in [-0.4, -0.2) is 31.2 Å². The van der Waals surface area contributed by atoms with Gasteiger partial charge >= 0.3 is 5.97 Å². The Kier molecular flexibility index (Phi) is 3.75. The molecule has 2 fully saturated rings. The Morgan fingerprint density at radius 3 is 2.57 bits per heavy atom. The summed E-state index contributed by atoms with van der Waals surface area (Å²) in [6, 6.07) is 0. The van der Waals surface area contributed by atoms with E-state index in [9.17, 15) is 13.2 Å². The number of carbonyl (C=O) groups excluding carboxylic acids is 1. The van der Waals surface area contributed by atoms with Crippen LogP contribution < -0.4 is 5.14 Å². The third-order valence-electron chi connectivity index (χ3n) is 4.20. The van der Waals surface area contributed by atoms with Crippen LogP contribution in [0.3, 0.4) is 0 Å². The van der Waals surface area contributed by atoms with Gasteiger partial charge < -0.3 is 4.74 Å². The Balaban J connectivity index is 1.72. The molecule has 3 N–H and O–H groups in total. The molecular formula is C13H19N3O4S. The second kappa shape index (κ2) is 5.42. The topological polar surface area (TPSA) is 115 Å². The van der Waals surface area contributed by atoms with Gasteiger partial charge in [-0.3, -0.25) is 5.10 Å². The molecule has 1 aromatic heterocycles. The number of H-pyrrole nitrogens is 1. The van der Waals surface area contributed by atoms with Gasteiger partial charge in [0.05, 0.1) is 12.3 Å². The molecule has 1 heterocycles. The number of carbonyl (C=O) groups is 1. The number of esters is 1. The SMILES string of the molecule is NS(=O)(=O)c1c(C(=O)OCCC2CCC2)n[nH]c1C1CC1. The quantitative estimate of drug-likeness (QED) is 0.768. The minimum Gasteiger partial charge on any atom is -0.461 e. The van der Waals surface area contributed by atoms with E-state index >= 15 is 0 Å². The van der Waals surface area contributed by atoms with Gasteiger partial charge in [-0.2, -0.15) is 5.10 Å². The molecule has 1 aromatic rings. The minimum atomic E-state index is -4.00. The lowest BCUT2D eigenvalue weighted by Crippen LogP contribution is -2.20. The van der Waals surface area contributed by atoms with E-state index in [-0.39, 0.29) is 16.5 Å². The lowest BCUT2D eigenvalue weighted by molar-refractivity contribution is 0.0453. The third-order valence-corrected chi connectivity index (χ3v) is 5.18. The summed E-state index contributed by atoms with van der Waals surface area (Å²) in [6.45, 7) is 0.291. The number of primary sulfonamides is 1.